The van der Waals surface area contributed by atoms with E-state index in [1.54, 1.807) is 18.0 Å². The van der Waals surface area contributed by atoms with Crippen LogP contribution in [0, 0.1) is 16.0 Å². The zero-order valence-electron chi connectivity index (χ0n) is 17.0. The Morgan fingerprint density at radius 1 is 1.23 bits per heavy atom. The number of nitrogens with zero attached hydrogens (tertiary/aromatic N) is 4. The van der Waals surface area contributed by atoms with Gasteiger partial charge in [0.05, 0.1) is 11.0 Å². The van der Waals surface area contributed by atoms with Crippen molar-refractivity contribution in [3.63, 3.8) is 0 Å². The molecule has 1 unspecified atom stereocenters. The van der Waals surface area contributed by atoms with Crippen LogP contribution in [0.25, 0.3) is 11.1 Å². The Morgan fingerprint density at radius 3 is 2.67 bits per heavy atom. The van der Waals surface area contributed by atoms with E-state index >= 15 is 0 Å². The van der Waals surface area contributed by atoms with Crippen LogP contribution < -0.4 is 4.90 Å². The predicted molar refractivity (Wildman–Crippen MR) is 113 cm³/mol. The van der Waals surface area contributed by atoms with Crippen LogP contribution in [0.15, 0.2) is 52.9 Å². The number of hydrogen-bond acceptors (Lipinski definition) is 6. The van der Waals surface area contributed by atoms with Gasteiger partial charge in [0, 0.05) is 38.2 Å². The van der Waals surface area contributed by atoms with Crippen molar-refractivity contribution in [3.05, 3.63) is 64.2 Å². The Kier molecular flexibility index (Phi) is 5.39. The Hall–Kier alpha value is -3.42. The summed E-state index contributed by atoms with van der Waals surface area (Å²) in [6.07, 6.45) is 1.42. The number of para-hydroxylation sites is 2. The first-order valence-electron chi connectivity index (χ1n) is 10.1. The van der Waals surface area contributed by atoms with E-state index in [1.165, 1.54) is 12.1 Å². The van der Waals surface area contributed by atoms with Crippen molar-refractivity contribution in [2.45, 2.75) is 25.8 Å². The van der Waals surface area contributed by atoms with Gasteiger partial charge >= 0.3 is 0 Å². The second kappa shape index (κ2) is 8.14. The van der Waals surface area contributed by atoms with Crippen LogP contribution in [0.2, 0.25) is 0 Å². The second-order valence-corrected chi connectivity index (χ2v) is 7.70. The highest BCUT2D eigenvalue weighted by Gasteiger charge is 2.31. The van der Waals surface area contributed by atoms with Gasteiger partial charge in [0.2, 0.25) is 5.91 Å². The average Bonchev–Trinajstić information content (AvgIpc) is 3.22. The number of rotatable bonds is 5. The van der Waals surface area contributed by atoms with Crippen LogP contribution in [0.1, 0.15) is 31.4 Å². The molecule has 1 aliphatic rings. The first-order chi connectivity index (χ1) is 14.4. The number of carbonyl (C=O) groups is 1. The molecule has 1 aliphatic heterocycles. The molecule has 30 heavy (non-hydrogen) atoms. The monoisotopic (exact) mass is 408 g/mol. The number of piperidine rings is 1. The fourth-order valence-electron chi connectivity index (χ4n) is 3.91. The van der Waals surface area contributed by atoms with E-state index in [9.17, 15) is 14.9 Å². The van der Waals surface area contributed by atoms with Crippen LogP contribution in [0.5, 0.6) is 0 Å². The number of oxazole rings is 1. The standard InChI is InChI=1S/C22H24N4O4/c1-15(17-6-5-7-18(14-17)26(28)29)24(2)21(27)16-10-12-25(13-11-16)22-23-19-8-3-4-9-20(19)30-22/h3-9,14-16H,10-13H2,1-2H3. The van der Waals surface area contributed by atoms with Crippen LogP contribution in [0.4, 0.5) is 11.7 Å². The third-order valence-corrected chi connectivity index (χ3v) is 5.89. The molecule has 2 heterocycles. The van der Waals surface area contributed by atoms with Crippen molar-refractivity contribution in [2.75, 3.05) is 25.0 Å². The minimum Gasteiger partial charge on any atom is -0.423 e. The van der Waals surface area contributed by atoms with Gasteiger partial charge in [0.25, 0.3) is 11.7 Å². The lowest BCUT2D eigenvalue weighted by Gasteiger charge is -2.34. The molecule has 8 nitrogen and oxygen atoms in total. The van der Waals surface area contributed by atoms with Gasteiger partial charge in [-0.2, -0.15) is 4.98 Å². The van der Waals surface area contributed by atoms with Crippen molar-refractivity contribution in [3.8, 4) is 0 Å². The van der Waals surface area contributed by atoms with E-state index in [4.69, 9.17) is 4.42 Å². The molecule has 1 fully saturated rings. The molecule has 2 aromatic carbocycles. The number of fused-ring (bicyclic) bond motifs is 1. The third-order valence-electron chi connectivity index (χ3n) is 5.89. The van der Waals surface area contributed by atoms with Gasteiger partial charge in [-0.05, 0) is 37.5 Å². The van der Waals surface area contributed by atoms with E-state index in [-0.39, 0.29) is 23.6 Å². The van der Waals surface area contributed by atoms with E-state index in [0.29, 0.717) is 31.9 Å². The lowest BCUT2D eigenvalue weighted by molar-refractivity contribution is -0.384. The minimum absolute atomic E-state index is 0.0341. The quantitative estimate of drug-likeness (QED) is 0.465. The zero-order chi connectivity index (χ0) is 21.3. The summed E-state index contributed by atoms with van der Waals surface area (Å²) >= 11 is 0. The van der Waals surface area contributed by atoms with Crippen molar-refractivity contribution in [1.29, 1.82) is 0 Å². The summed E-state index contributed by atoms with van der Waals surface area (Å²) < 4.78 is 5.84. The summed E-state index contributed by atoms with van der Waals surface area (Å²) in [5.41, 5.74) is 2.38. The highest BCUT2D eigenvalue weighted by Crippen LogP contribution is 2.29. The molecule has 1 amide bonds. The molecule has 0 N–H and O–H groups in total. The van der Waals surface area contributed by atoms with Crippen LogP contribution in [-0.4, -0.2) is 40.9 Å². The molecule has 0 spiro atoms. The maximum atomic E-state index is 13.1. The highest BCUT2D eigenvalue weighted by atomic mass is 16.6. The largest absolute Gasteiger partial charge is 0.423 e. The topological polar surface area (TPSA) is 92.7 Å². The highest BCUT2D eigenvalue weighted by molar-refractivity contribution is 5.79. The molecule has 3 aromatic rings. The molecule has 0 bridgehead atoms. The number of nitro groups is 1. The fourth-order valence-corrected chi connectivity index (χ4v) is 3.91. The number of non-ortho nitro benzene ring substituents is 1. The van der Waals surface area contributed by atoms with Gasteiger partial charge in [0.15, 0.2) is 5.58 Å². The SMILES string of the molecule is CC(c1cccc([N+](=O)[O-])c1)N(C)C(=O)C1CCN(c2nc3ccccc3o2)CC1. The summed E-state index contributed by atoms with van der Waals surface area (Å²) in [5.74, 6) is -0.0250. The lowest BCUT2D eigenvalue weighted by atomic mass is 9.94. The van der Waals surface area contributed by atoms with Gasteiger partial charge in [-0.15, -0.1) is 0 Å². The van der Waals surface area contributed by atoms with Crippen molar-refractivity contribution >= 4 is 28.7 Å². The third kappa shape index (κ3) is 3.85. The second-order valence-electron chi connectivity index (χ2n) is 7.70. The van der Waals surface area contributed by atoms with Crippen molar-refractivity contribution in [2.24, 2.45) is 5.92 Å². The number of anilines is 1. The first-order valence-corrected chi connectivity index (χ1v) is 10.1. The van der Waals surface area contributed by atoms with Crippen molar-refractivity contribution in [1.82, 2.24) is 9.88 Å². The number of aromatic nitrogens is 1. The molecular weight excluding hydrogens is 384 g/mol. The summed E-state index contributed by atoms with van der Waals surface area (Å²) in [7, 11) is 1.76. The molecular formula is C22H24N4O4. The summed E-state index contributed by atoms with van der Waals surface area (Å²) in [5, 5.41) is 11.0. The van der Waals surface area contributed by atoms with Gasteiger partial charge < -0.3 is 14.2 Å². The number of amides is 1. The molecule has 1 aromatic heterocycles. The van der Waals surface area contributed by atoms with E-state index in [0.717, 1.165) is 16.7 Å². The fraction of sp³-hybridized carbons (Fsp3) is 0.364. The number of carbonyl (C=O) groups excluding carboxylic acids is 1. The molecule has 1 atom stereocenters. The van der Waals surface area contributed by atoms with Crippen LogP contribution >= 0.6 is 0 Å². The Labute approximate surface area is 174 Å². The van der Waals surface area contributed by atoms with Gasteiger partial charge in [-0.25, -0.2) is 0 Å². The summed E-state index contributed by atoms with van der Waals surface area (Å²) in [4.78, 5) is 32.0. The Balaban J connectivity index is 1.39. The van der Waals surface area contributed by atoms with Crippen LogP contribution in [0.3, 0.4) is 0 Å². The number of benzene rings is 2. The zero-order valence-corrected chi connectivity index (χ0v) is 17.0. The van der Waals surface area contributed by atoms with E-state index in [2.05, 4.69) is 9.88 Å². The number of hydrogen-bond donors (Lipinski definition) is 0. The molecule has 0 saturated carbocycles. The average molecular weight is 408 g/mol. The first kappa shape index (κ1) is 19.9. The van der Waals surface area contributed by atoms with E-state index in [1.807, 2.05) is 37.3 Å². The Morgan fingerprint density at radius 2 is 1.97 bits per heavy atom. The Bertz CT molecular complexity index is 1040. The maximum absolute atomic E-state index is 13.1. The van der Waals surface area contributed by atoms with Crippen molar-refractivity contribution < 1.29 is 14.1 Å². The van der Waals surface area contributed by atoms with Gasteiger partial charge in [0.1, 0.15) is 5.52 Å². The molecule has 156 valence electrons. The van der Waals surface area contributed by atoms with E-state index < -0.39 is 4.92 Å². The lowest BCUT2D eigenvalue weighted by Crippen LogP contribution is -2.42. The van der Waals surface area contributed by atoms with Crippen LogP contribution in [-0.2, 0) is 4.79 Å². The molecule has 4 rings (SSSR count). The summed E-state index contributed by atoms with van der Waals surface area (Å²) in [6, 6.07) is 14.5. The minimum atomic E-state index is -0.417. The normalized spacial score (nSPS) is 15.9. The molecule has 0 radical (unpaired) electrons. The molecule has 8 heteroatoms. The number of nitro benzene ring substituents is 1. The molecule has 0 aliphatic carbocycles. The predicted octanol–water partition coefficient (Wildman–Crippen LogP) is 4.17. The van der Waals surface area contributed by atoms with Gasteiger partial charge in [-0.1, -0.05) is 24.3 Å². The molecule has 1 saturated heterocycles. The van der Waals surface area contributed by atoms with Gasteiger partial charge in [-0.3, -0.25) is 14.9 Å². The maximum Gasteiger partial charge on any atom is 0.298 e. The smallest absolute Gasteiger partial charge is 0.298 e. The summed E-state index contributed by atoms with van der Waals surface area (Å²) in [6.45, 7) is 3.29.